The highest BCUT2D eigenvalue weighted by molar-refractivity contribution is 9.10. The third-order valence-electron chi connectivity index (χ3n) is 4.32. The van der Waals surface area contributed by atoms with Crippen LogP contribution in [0.25, 0.3) is 6.08 Å². The second kappa shape index (κ2) is 11.5. The van der Waals surface area contributed by atoms with Crippen LogP contribution in [0.5, 0.6) is 11.5 Å². The smallest absolute Gasteiger partial charge is 0.266 e. The number of nitrogens with one attached hydrogen (secondary N) is 1. The molecule has 1 amide bonds. The Labute approximate surface area is 203 Å². The van der Waals surface area contributed by atoms with E-state index in [4.69, 9.17) is 9.47 Å². The maximum Gasteiger partial charge on any atom is 0.266 e. The van der Waals surface area contributed by atoms with E-state index in [0.717, 1.165) is 10.0 Å². The Bertz CT molecular complexity index is 1170. The Morgan fingerprint density at radius 1 is 1.06 bits per heavy atom. The van der Waals surface area contributed by atoms with Crippen molar-refractivity contribution in [3.05, 3.63) is 92.4 Å². The van der Waals surface area contributed by atoms with Gasteiger partial charge in [-0.15, -0.1) is 0 Å². The van der Waals surface area contributed by atoms with Crippen LogP contribution in [-0.2, 0) is 11.4 Å². The van der Waals surface area contributed by atoms with Gasteiger partial charge in [0, 0.05) is 10.2 Å². The summed E-state index contributed by atoms with van der Waals surface area (Å²) in [6, 6.07) is 22.5. The lowest BCUT2D eigenvalue weighted by Crippen LogP contribution is -2.13. The average molecular weight is 556 g/mol. The molecule has 0 aliphatic carbocycles. The summed E-state index contributed by atoms with van der Waals surface area (Å²) in [5, 5.41) is 12.3. The predicted molar refractivity (Wildman–Crippen MR) is 132 cm³/mol. The molecule has 0 saturated heterocycles. The maximum absolute atomic E-state index is 12.6. The highest BCUT2D eigenvalue weighted by Crippen LogP contribution is 2.38. The molecule has 0 spiro atoms. The first kappa shape index (κ1) is 23.6. The summed E-state index contributed by atoms with van der Waals surface area (Å²) in [7, 11) is 0. The third-order valence-corrected chi connectivity index (χ3v) is 5.40. The number of hydrogen-bond acceptors (Lipinski definition) is 4. The van der Waals surface area contributed by atoms with Crippen LogP contribution < -0.4 is 14.8 Å². The van der Waals surface area contributed by atoms with Gasteiger partial charge in [-0.05, 0) is 70.4 Å². The quantitative estimate of drug-likeness (QED) is 0.247. The van der Waals surface area contributed by atoms with Crippen LogP contribution in [0.1, 0.15) is 18.1 Å². The molecule has 0 aliphatic heterocycles. The number of rotatable bonds is 8. The predicted octanol–water partition coefficient (Wildman–Crippen LogP) is 6.73. The summed E-state index contributed by atoms with van der Waals surface area (Å²) in [4.78, 5) is 12.6. The van der Waals surface area contributed by atoms with Crippen LogP contribution >= 0.6 is 31.9 Å². The van der Waals surface area contributed by atoms with Crippen molar-refractivity contribution in [2.45, 2.75) is 13.5 Å². The van der Waals surface area contributed by atoms with Crippen LogP contribution in [0.2, 0.25) is 0 Å². The fourth-order valence-electron chi connectivity index (χ4n) is 2.88. The summed E-state index contributed by atoms with van der Waals surface area (Å²) in [5.74, 6) is 0.586. The van der Waals surface area contributed by atoms with E-state index in [0.29, 0.717) is 40.4 Å². The van der Waals surface area contributed by atoms with Gasteiger partial charge in [-0.1, -0.05) is 52.3 Å². The van der Waals surface area contributed by atoms with Crippen molar-refractivity contribution in [3.63, 3.8) is 0 Å². The molecule has 32 heavy (non-hydrogen) atoms. The zero-order chi connectivity index (χ0) is 22.9. The molecule has 3 rings (SSSR count). The van der Waals surface area contributed by atoms with Crippen molar-refractivity contribution < 1.29 is 14.3 Å². The largest absolute Gasteiger partial charge is 0.490 e. The molecule has 3 aromatic rings. The Morgan fingerprint density at radius 2 is 1.84 bits per heavy atom. The fourth-order valence-corrected chi connectivity index (χ4v) is 3.86. The lowest BCUT2D eigenvalue weighted by Gasteiger charge is -2.15. The summed E-state index contributed by atoms with van der Waals surface area (Å²) in [6.07, 6.45) is 1.52. The van der Waals surface area contributed by atoms with Crippen LogP contribution in [0, 0.1) is 11.3 Å². The molecule has 0 atom stereocenters. The summed E-state index contributed by atoms with van der Waals surface area (Å²) in [6.45, 7) is 2.70. The highest BCUT2D eigenvalue weighted by Gasteiger charge is 2.15. The van der Waals surface area contributed by atoms with Gasteiger partial charge in [0.15, 0.2) is 11.5 Å². The first-order chi connectivity index (χ1) is 15.5. The molecular weight excluding hydrogens is 536 g/mol. The molecule has 5 nitrogen and oxygen atoms in total. The minimum absolute atomic E-state index is 0.0303. The summed E-state index contributed by atoms with van der Waals surface area (Å²) >= 11 is 6.89. The lowest BCUT2D eigenvalue weighted by molar-refractivity contribution is -0.112. The third kappa shape index (κ3) is 6.46. The first-order valence-corrected chi connectivity index (χ1v) is 11.4. The molecule has 0 saturated carbocycles. The number of carbonyl (C=O) groups excluding carboxylic acids is 1. The Morgan fingerprint density at radius 3 is 2.53 bits per heavy atom. The van der Waals surface area contributed by atoms with Gasteiger partial charge in [0.05, 0.1) is 11.1 Å². The summed E-state index contributed by atoms with van der Waals surface area (Å²) in [5.41, 5.74) is 2.22. The van der Waals surface area contributed by atoms with Crippen molar-refractivity contribution in [1.82, 2.24) is 0 Å². The normalized spacial score (nSPS) is 10.9. The number of anilines is 1. The van der Waals surface area contributed by atoms with E-state index in [1.165, 1.54) is 6.08 Å². The number of carbonyl (C=O) groups is 1. The molecule has 0 fully saturated rings. The minimum Gasteiger partial charge on any atom is -0.490 e. The van der Waals surface area contributed by atoms with Gasteiger partial charge in [0.1, 0.15) is 18.2 Å². The Kier molecular flexibility index (Phi) is 8.48. The van der Waals surface area contributed by atoms with E-state index < -0.39 is 5.91 Å². The lowest BCUT2D eigenvalue weighted by atomic mass is 10.1. The zero-order valence-electron chi connectivity index (χ0n) is 17.3. The van der Waals surface area contributed by atoms with Gasteiger partial charge >= 0.3 is 0 Å². The highest BCUT2D eigenvalue weighted by atomic mass is 79.9. The van der Waals surface area contributed by atoms with Crippen molar-refractivity contribution in [3.8, 4) is 17.6 Å². The molecule has 3 aromatic carbocycles. The fraction of sp³-hybridized carbons (Fsp3) is 0.120. The molecule has 0 aliphatic rings. The van der Waals surface area contributed by atoms with Crippen molar-refractivity contribution in [2.24, 2.45) is 0 Å². The molecular formula is C25H20Br2N2O3. The SMILES string of the molecule is CCOc1cc(/C=C(/C#N)C(=O)Nc2cccc(Br)c2)cc(Br)c1OCc1ccccc1. The summed E-state index contributed by atoms with van der Waals surface area (Å²) < 4.78 is 13.2. The zero-order valence-corrected chi connectivity index (χ0v) is 20.4. The maximum atomic E-state index is 12.6. The van der Waals surface area contributed by atoms with E-state index in [2.05, 4.69) is 37.2 Å². The molecule has 162 valence electrons. The minimum atomic E-state index is -0.496. The molecule has 0 aromatic heterocycles. The number of ether oxygens (including phenoxy) is 2. The number of benzene rings is 3. The van der Waals surface area contributed by atoms with Gasteiger partial charge in [-0.3, -0.25) is 4.79 Å². The van der Waals surface area contributed by atoms with Gasteiger partial charge in [-0.25, -0.2) is 0 Å². The van der Waals surface area contributed by atoms with Crippen LogP contribution in [-0.4, -0.2) is 12.5 Å². The van der Waals surface area contributed by atoms with Gasteiger partial charge < -0.3 is 14.8 Å². The topological polar surface area (TPSA) is 71.3 Å². The second-order valence-electron chi connectivity index (χ2n) is 6.67. The molecule has 0 heterocycles. The van der Waals surface area contributed by atoms with Crippen molar-refractivity contribution >= 4 is 49.5 Å². The van der Waals surface area contributed by atoms with Crippen LogP contribution in [0.4, 0.5) is 5.69 Å². The number of amides is 1. The Balaban J connectivity index is 1.84. The number of halogens is 2. The van der Waals surface area contributed by atoms with Gasteiger partial charge in [0.2, 0.25) is 0 Å². The molecule has 0 bridgehead atoms. The second-order valence-corrected chi connectivity index (χ2v) is 8.44. The van der Waals surface area contributed by atoms with E-state index in [9.17, 15) is 10.1 Å². The van der Waals surface area contributed by atoms with Crippen LogP contribution in [0.3, 0.4) is 0 Å². The molecule has 1 N–H and O–H groups in total. The van der Waals surface area contributed by atoms with E-state index >= 15 is 0 Å². The first-order valence-electron chi connectivity index (χ1n) is 9.82. The van der Waals surface area contributed by atoms with E-state index in [1.807, 2.05) is 49.4 Å². The van der Waals surface area contributed by atoms with Gasteiger partial charge in [-0.2, -0.15) is 5.26 Å². The van der Waals surface area contributed by atoms with E-state index in [-0.39, 0.29) is 5.57 Å². The molecule has 0 radical (unpaired) electrons. The number of nitriles is 1. The van der Waals surface area contributed by atoms with Crippen molar-refractivity contribution in [1.29, 1.82) is 5.26 Å². The van der Waals surface area contributed by atoms with Crippen LogP contribution in [0.15, 0.2) is 81.2 Å². The van der Waals surface area contributed by atoms with E-state index in [1.54, 1.807) is 30.3 Å². The molecule has 0 unspecified atom stereocenters. The monoisotopic (exact) mass is 554 g/mol. The average Bonchev–Trinajstić information content (AvgIpc) is 2.77. The molecule has 7 heteroatoms. The van der Waals surface area contributed by atoms with Gasteiger partial charge in [0.25, 0.3) is 5.91 Å². The standard InChI is InChI=1S/C25H20Br2N2O3/c1-2-31-23-13-18(12-22(27)24(23)32-16-17-7-4-3-5-8-17)11-19(15-28)25(30)29-21-10-6-9-20(26)14-21/h3-14H,2,16H2,1H3,(H,29,30)/b19-11-. The number of nitrogens with zero attached hydrogens (tertiary/aromatic N) is 1. The van der Waals surface area contributed by atoms with Crippen molar-refractivity contribution in [2.75, 3.05) is 11.9 Å². The number of hydrogen-bond donors (Lipinski definition) is 1. The Hall–Kier alpha value is -3.08.